The lowest BCUT2D eigenvalue weighted by Gasteiger charge is -1.80. The second-order valence-corrected chi connectivity index (χ2v) is 1.47. The molecule has 0 aromatic carbocycles. The number of rotatable bonds is 2. The van der Waals surface area contributed by atoms with Gasteiger partial charge in [0.25, 0.3) is 0 Å². The average Bonchev–Trinajstić information content (AvgIpc) is 1.61. The molecular formula is C6H11N. The molecule has 0 aliphatic heterocycles. The van der Waals surface area contributed by atoms with Gasteiger partial charge in [-0.1, -0.05) is 6.58 Å². The molecule has 0 aliphatic carbocycles. The van der Waals surface area contributed by atoms with E-state index >= 15 is 0 Å². The van der Waals surface area contributed by atoms with Crippen molar-refractivity contribution in [2.45, 2.75) is 13.8 Å². The molecule has 0 aromatic rings. The van der Waals surface area contributed by atoms with Gasteiger partial charge in [-0.15, -0.1) is 0 Å². The molecule has 0 amide bonds. The van der Waals surface area contributed by atoms with Crippen molar-refractivity contribution in [3.63, 3.8) is 0 Å². The number of nitrogens with zero attached hydrogens (tertiary/aromatic N) is 1. The van der Waals surface area contributed by atoms with E-state index in [1.165, 1.54) is 0 Å². The molecule has 0 atom stereocenters. The van der Waals surface area contributed by atoms with Crippen molar-refractivity contribution in [3.8, 4) is 0 Å². The predicted octanol–water partition coefficient (Wildman–Crippen LogP) is 1.65. The van der Waals surface area contributed by atoms with Crippen molar-refractivity contribution < 1.29 is 0 Å². The summed E-state index contributed by atoms with van der Waals surface area (Å²) < 4.78 is 0. The van der Waals surface area contributed by atoms with Crippen LogP contribution in [0.15, 0.2) is 17.1 Å². The molecule has 0 saturated carbocycles. The fourth-order valence-corrected chi connectivity index (χ4v) is 0.247. The standard InChI is InChI=1S/C6H11N/c1-4-7-5-6(2)3/h5H,2,4H2,1,3H3. The molecule has 0 saturated heterocycles. The summed E-state index contributed by atoms with van der Waals surface area (Å²) in [5.41, 5.74) is 1.02. The van der Waals surface area contributed by atoms with Crippen LogP contribution in [0.3, 0.4) is 0 Å². The molecule has 0 aliphatic rings. The highest BCUT2D eigenvalue weighted by atomic mass is 14.7. The van der Waals surface area contributed by atoms with Crippen molar-refractivity contribution in [3.05, 3.63) is 12.2 Å². The second kappa shape index (κ2) is 3.59. The van der Waals surface area contributed by atoms with Gasteiger partial charge in [-0.05, 0) is 19.4 Å². The van der Waals surface area contributed by atoms with Crippen LogP contribution in [-0.2, 0) is 0 Å². The summed E-state index contributed by atoms with van der Waals surface area (Å²) in [5, 5.41) is 0. The first-order valence-corrected chi connectivity index (χ1v) is 2.42. The van der Waals surface area contributed by atoms with E-state index in [0.717, 1.165) is 12.1 Å². The lowest BCUT2D eigenvalue weighted by molar-refractivity contribution is 1.14. The van der Waals surface area contributed by atoms with Crippen LogP contribution in [0.4, 0.5) is 0 Å². The van der Waals surface area contributed by atoms with Crippen molar-refractivity contribution >= 4 is 6.21 Å². The fraction of sp³-hybridized carbons (Fsp3) is 0.500. The van der Waals surface area contributed by atoms with E-state index in [1.54, 1.807) is 6.21 Å². The average molecular weight is 97.2 g/mol. The first-order chi connectivity index (χ1) is 3.27. The molecule has 7 heavy (non-hydrogen) atoms. The summed E-state index contributed by atoms with van der Waals surface area (Å²) >= 11 is 0. The molecule has 0 fully saturated rings. The maximum absolute atomic E-state index is 3.95. The number of hydrogen-bond donors (Lipinski definition) is 0. The fourth-order valence-electron chi connectivity index (χ4n) is 0.247. The molecule has 0 N–H and O–H groups in total. The van der Waals surface area contributed by atoms with Gasteiger partial charge in [0.05, 0.1) is 0 Å². The van der Waals surface area contributed by atoms with Gasteiger partial charge in [0, 0.05) is 12.8 Å². The largest absolute Gasteiger partial charge is 0.293 e. The summed E-state index contributed by atoms with van der Waals surface area (Å²) in [4.78, 5) is 3.95. The Bertz CT molecular complexity index is 82.2. The highest BCUT2D eigenvalue weighted by Crippen LogP contribution is 1.77. The maximum atomic E-state index is 3.95. The number of hydrogen-bond acceptors (Lipinski definition) is 1. The van der Waals surface area contributed by atoms with E-state index in [4.69, 9.17) is 0 Å². The van der Waals surface area contributed by atoms with Crippen molar-refractivity contribution in [1.82, 2.24) is 0 Å². The van der Waals surface area contributed by atoms with Crippen LogP contribution < -0.4 is 0 Å². The summed E-state index contributed by atoms with van der Waals surface area (Å²) in [6.45, 7) is 8.43. The van der Waals surface area contributed by atoms with Gasteiger partial charge < -0.3 is 0 Å². The van der Waals surface area contributed by atoms with Gasteiger partial charge in [-0.25, -0.2) is 0 Å². The van der Waals surface area contributed by atoms with E-state index in [-0.39, 0.29) is 0 Å². The van der Waals surface area contributed by atoms with E-state index in [0.29, 0.717) is 0 Å². The van der Waals surface area contributed by atoms with Crippen LogP contribution in [0.25, 0.3) is 0 Å². The van der Waals surface area contributed by atoms with Crippen LogP contribution in [-0.4, -0.2) is 12.8 Å². The quantitative estimate of drug-likeness (QED) is 0.464. The molecule has 0 aromatic heterocycles. The number of allylic oxidation sites excluding steroid dienone is 1. The van der Waals surface area contributed by atoms with E-state index < -0.39 is 0 Å². The summed E-state index contributed by atoms with van der Waals surface area (Å²) in [6, 6.07) is 0. The van der Waals surface area contributed by atoms with Gasteiger partial charge in [0.15, 0.2) is 0 Å². The maximum Gasteiger partial charge on any atom is 0.0361 e. The van der Waals surface area contributed by atoms with Crippen molar-refractivity contribution in [1.29, 1.82) is 0 Å². The normalized spacial score (nSPS) is 10.0. The zero-order chi connectivity index (χ0) is 5.70. The molecule has 1 heteroatoms. The Morgan fingerprint density at radius 2 is 2.43 bits per heavy atom. The molecule has 1 nitrogen and oxygen atoms in total. The molecule has 0 rings (SSSR count). The summed E-state index contributed by atoms with van der Waals surface area (Å²) in [5.74, 6) is 0. The number of aliphatic imine (C=N–C) groups is 1. The Hall–Kier alpha value is -0.590. The molecule has 0 bridgehead atoms. The minimum Gasteiger partial charge on any atom is -0.293 e. The molecule has 0 radical (unpaired) electrons. The van der Waals surface area contributed by atoms with Crippen LogP contribution in [0.2, 0.25) is 0 Å². The third-order valence-electron chi connectivity index (χ3n) is 0.494. The highest BCUT2D eigenvalue weighted by Gasteiger charge is 1.68. The summed E-state index contributed by atoms with van der Waals surface area (Å²) in [7, 11) is 0. The van der Waals surface area contributed by atoms with Gasteiger partial charge in [0.1, 0.15) is 0 Å². The molecule has 0 unspecified atom stereocenters. The monoisotopic (exact) mass is 97.1 g/mol. The molecule has 40 valence electrons. The molecular weight excluding hydrogens is 86.1 g/mol. The zero-order valence-electron chi connectivity index (χ0n) is 4.94. The Morgan fingerprint density at radius 3 is 2.57 bits per heavy atom. The lowest BCUT2D eigenvalue weighted by atomic mass is 10.4. The second-order valence-electron chi connectivity index (χ2n) is 1.47. The van der Waals surface area contributed by atoms with Gasteiger partial charge >= 0.3 is 0 Å². The highest BCUT2D eigenvalue weighted by molar-refractivity contribution is 5.76. The van der Waals surface area contributed by atoms with Crippen LogP contribution in [0.1, 0.15) is 13.8 Å². The smallest absolute Gasteiger partial charge is 0.0361 e. The van der Waals surface area contributed by atoms with Gasteiger partial charge in [-0.2, -0.15) is 0 Å². The SMILES string of the molecule is C=C(C)C=NCC. The van der Waals surface area contributed by atoms with Crippen LogP contribution >= 0.6 is 0 Å². The Kier molecular flexibility index (Phi) is 3.29. The van der Waals surface area contributed by atoms with E-state index in [2.05, 4.69) is 11.6 Å². The van der Waals surface area contributed by atoms with Crippen LogP contribution in [0, 0.1) is 0 Å². The predicted molar refractivity (Wildman–Crippen MR) is 33.8 cm³/mol. The van der Waals surface area contributed by atoms with Gasteiger partial charge in [-0.3, -0.25) is 4.99 Å². The Morgan fingerprint density at radius 1 is 1.86 bits per heavy atom. The third-order valence-corrected chi connectivity index (χ3v) is 0.494. The summed E-state index contributed by atoms with van der Waals surface area (Å²) in [6.07, 6.45) is 1.78. The minimum absolute atomic E-state index is 0.854. The van der Waals surface area contributed by atoms with Gasteiger partial charge in [0.2, 0.25) is 0 Å². The first-order valence-electron chi connectivity index (χ1n) is 2.42. The minimum atomic E-state index is 0.854. The third kappa shape index (κ3) is 5.41. The van der Waals surface area contributed by atoms with Crippen LogP contribution in [0.5, 0.6) is 0 Å². The van der Waals surface area contributed by atoms with Crippen molar-refractivity contribution in [2.75, 3.05) is 6.54 Å². The topological polar surface area (TPSA) is 12.4 Å². The Balaban J connectivity index is 3.26. The zero-order valence-corrected chi connectivity index (χ0v) is 4.94. The van der Waals surface area contributed by atoms with Crippen molar-refractivity contribution in [2.24, 2.45) is 4.99 Å². The Labute approximate surface area is 44.8 Å². The molecule has 0 spiro atoms. The first kappa shape index (κ1) is 6.41. The van der Waals surface area contributed by atoms with E-state index in [1.807, 2.05) is 13.8 Å². The lowest BCUT2D eigenvalue weighted by Crippen LogP contribution is -1.73. The molecule has 0 heterocycles. The van der Waals surface area contributed by atoms with E-state index in [9.17, 15) is 0 Å².